The van der Waals surface area contributed by atoms with Gasteiger partial charge in [0.2, 0.25) is 5.91 Å². The molecule has 5 nitrogen and oxygen atoms in total. The number of aromatic nitrogens is 1. The van der Waals surface area contributed by atoms with Crippen LogP contribution in [0, 0.1) is 0 Å². The van der Waals surface area contributed by atoms with Crippen LogP contribution in [-0.4, -0.2) is 40.0 Å². The number of thiazole rings is 1. The number of rotatable bonds is 3. The van der Waals surface area contributed by atoms with Crippen LogP contribution in [0.2, 0.25) is 0 Å². The zero-order valence-corrected chi connectivity index (χ0v) is 8.79. The maximum absolute atomic E-state index is 11.6. The third kappa shape index (κ3) is 1.99. The maximum atomic E-state index is 11.6. The van der Waals surface area contributed by atoms with E-state index in [0.29, 0.717) is 5.69 Å². The van der Waals surface area contributed by atoms with Gasteiger partial charge >= 0.3 is 5.97 Å². The molecule has 0 spiro atoms. The molecular formula is C9H10N2O3S. The molecule has 1 aliphatic heterocycles. The predicted molar refractivity (Wildman–Crippen MR) is 54.0 cm³/mol. The third-order valence-corrected chi connectivity index (χ3v) is 3.22. The zero-order valence-electron chi connectivity index (χ0n) is 7.97. The lowest BCUT2D eigenvalue weighted by Crippen LogP contribution is -2.43. The average Bonchev–Trinajstić information content (AvgIpc) is 2.48. The Bertz CT molecular complexity index is 398. The number of aromatic carboxylic acids is 1. The Labute approximate surface area is 90.4 Å². The summed E-state index contributed by atoms with van der Waals surface area (Å²) in [6.07, 6.45) is 1.14. The van der Waals surface area contributed by atoms with Crippen LogP contribution in [0.3, 0.4) is 0 Å². The molecule has 1 saturated heterocycles. The lowest BCUT2D eigenvalue weighted by molar-refractivity contribution is -0.133. The summed E-state index contributed by atoms with van der Waals surface area (Å²) >= 11 is 1.06. The number of carbonyl (C=O) groups excluding carboxylic acids is 1. The first-order valence-corrected chi connectivity index (χ1v) is 5.50. The fraction of sp³-hybridized carbons (Fsp3) is 0.444. The summed E-state index contributed by atoms with van der Waals surface area (Å²) in [6, 6.07) is 0. The minimum absolute atomic E-state index is 0.0327. The summed E-state index contributed by atoms with van der Waals surface area (Å²) in [7, 11) is 0. The van der Waals surface area contributed by atoms with Crippen LogP contribution in [0.5, 0.6) is 0 Å². The Hall–Kier alpha value is -1.43. The number of hydrogen-bond donors (Lipinski definition) is 1. The highest BCUT2D eigenvalue weighted by Crippen LogP contribution is 2.16. The van der Waals surface area contributed by atoms with Crippen LogP contribution in [0.25, 0.3) is 0 Å². The topological polar surface area (TPSA) is 70.5 Å². The van der Waals surface area contributed by atoms with Gasteiger partial charge in [0.1, 0.15) is 4.88 Å². The average molecular weight is 226 g/mol. The van der Waals surface area contributed by atoms with Gasteiger partial charge in [0, 0.05) is 13.1 Å². The highest BCUT2D eigenvalue weighted by atomic mass is 32.1. The molecule has 0 aromatic carbocycles. The van der Waals surface area contributed by atoms with Gasteiger partial charge in [-0.25, -0.2) is 9.78 Å². The molecule has 1 aromatic rings. The van der Waals surface area contributed by atoms with Gasteiger partial charge in [-0.1, -0.05) is 0 Å². The molecule has 0 atom stereocenters. The molecule has 1 N–H and O–H groups in total. The van der Waals surface area contributed by atoms with E-state index in [-0.39, 0.29) is 17.2 Å². The number of carboxylic acid groups (broad SMARTS) is 1. The SMILES string of the molecule is O=C(O)c1scnc1CC(=O)N1CCC1. The minimum Gasteiger partial charge on any atom is -0.477 e. The van der Waals surface area contributed by atoms with Crippen LogP contribution in [0.4, 0.5) is 0 Å². The van der Waals surface area contributed by atoms with Gasteiger partial charge in [0.25, 0.3) is 0 Å². The van der Waals surface area contributed by atoms with Crippen molar-refractivity contribution in [1.29, 1.82) is 0 Å². The maximum Gasteiger partial charge on any atom is 0.347 e. The van der Waals surface area contributed by atoms with Crippen molar-refractivity contribution in [2.45, 2.75) is 12.8 Å². The van der Waals surface area contributed by atoms with Gasteiger partial charge in [0.05, 0.1) is 17.6 Å². The molecule has 0 bridgehead atoms. The first-order valence-electron chi connectivity index (χ1n) is 4.62. The first kappa shape index (κ1) is 10.1. The van der Waals surface area contributed by atoms with Crippen LogP contribution in [0.1, 0.15) is 21.8 Å². The van der Waals surface area contributed by atoms with E-state index in [4.69, 9.17) is 5.11 Å². The molecule has 0 radical (unpaired) electrons. The minimum atomic E-state index is -1.01. The summed E-state index contributed by atoms with van der Waals surface area (Å²) < 4.78 is 0. The molecule has 0 unspecified atom stereocenters. The molecule has 0 saturated carbocycles. The highest BCUT2D eigenvalue weighted by molar-refractivity contribution is 7.11. The molecule has 1 amide bonds. The fourth-order valence-corrected chi connectivity index (χ4v) is 2.04. The number of amides is 1. The number of likely N-dealkylation sites (tertiary alicyclic amines) is 1. The Morgan fingerprint density at radius 3 is 2.80 bits per heavy atom. The predicted octanol–water partition coefficient (Wildman–Crippen LogP) is 0.616. The van der Waals surface area contributed by atoms with Gasteiger partial charge in [-0.3, -0.25) is 4.79 Å². The quantitative estimate of drug-likeness (QED) is 0.820. The lowest BCUT2D eigenvalue weighted by atomic mass is 10.1. The van der Waals surface area contributed by atoms with Crippen LogP contribution < -0.4 is 0 Å². The smallest absolute Gasteiger partial charge is 0.347 e. The molecular weight excluding hydrogens is 216 g/mol. The van der Waals surface area contributed by atoms with Crippen LogP contribution >= 0.6 is 11.3 Å². The molecule has 1 aromatic heterocycles. The van der Waals surface area contributed by atoms with Gasteiger partial charge < -0.3 is 10.0 Å². The van der Waals surface area contributed by atoms with Crippen LogP contribution in [-0.2, 0) is 11.2 Å². The van der Waals surface area contributed by atoms with Gasteiger partial charge in [-0.05, 0) is 6.42 Å². The molecule has 1 fully saturated rings. The molecule has 15 heavy (non-hydrogen) atoms. The normalized spacial score (nSPS) is 14.8. The van der Waals surface area contributed by atoms with E-state index >= 15 is 0 Å². The van der Waals surface area contributed by atoms with Crippen molar-refractivity contribution in [3.05, 3.63) is 16.1 Å². The zero-order chi connectivity index (χ0) is 10.8. The van der Waals surface area contributed by atoms with E-state index in [1.807, 2.05) is 0 Å². The van der Waals surface area contributed by atoms with E-state index in [9.17, 15) is 9.59 Å². The third-order valence-electron chi connectivity index (χ3n) is 2.36. The van der Waals surface area contributed by atoms with E-state index in [2.05, 4.69) is 4.98 Å². The van der Waals surface area contributed by atoms with E-state index < -0.39 is 5.97 Å². The van der Waals surface area contributed by atoms with Crippen molar-refractivity contribution >= 4 is 23.2 Å². The first-order chi connectivity index (χ1) is 7.18. The number of carboxylic acids is 1. The number of nitrogens with zero attached hydrogens (tertiary/aromatic N) is 2. The summed E-state index contributed by atoms with van der Waals surface area (Å²) in [4.78, 5) is 28.1. The monoisotopic (exact) mass is 226 g/mol. The standard InChI is InChI=1S/C9H10N2O3S/c12-7(11-2-1-3-11)4-6-8(9(13)14)15-5-10-6/h5H,1-4H2,(H,13,14). The van der Waals surface area contributed by atoms with E-state index in [1.165, 1.54) is 5.51 Å². The van der Waals surface area contributed by atoms with Crippen molar-refractivity contribution in [3.8, 4) is 0 Å². The van der Waals surface area contributed by atoms with Gasteiger partial charge in [0.15, 0.2) is 0 Å². The van der Waals surface area contributed by atoms with Crippen molar-refractivity contribution in [3.63, 3.8) is 0 Å². The molecule has 6 heteroatoms. The molecule has 2 rings (SSSR count). The Morgan fingerprint density at radius 2 is 2.27 bits per heavy atom. The molecule has 80 valence electrons. The number of carbonyl (C=O) groups is 2. The summed E-state index contributed by atoms with van der Waals surface area (Å²) in [5.41, 5.74) is 1.84. The van der Waals surface area contributed by atoms with Crippen molar-refractivity contribution < 1.29 is 14.7 Å². The number of hydrogen-bond acceptors (Lipinski definition) is 4. The Kier molecular flexibility index (Phi) is 2.68. The molecule has 0 aliphatic carbocycles. The van der Waals surface area contributed by atoms with E-state index in [1.54, 1.807) is 4.90 Å². The lowest BCUT2D eigenvalue weighted by Gasteiger charge is -2.30. The summed E-state index contributed by atoms with van der Waals surface area (Å²) in [5.74, 6) is -1.04. The van der Waals surface area contributed by atoms with E-state index in [0.717, 1.165) is 30.8 Å². The van der Waals surface area contributed by atoms with Crippen molar-refractivity contribution in [2.75, 3.05) is 13.1 Å². The summed E-state index contributed by atoms with van der Waals surface area (Å²) in [5, 5.41) is 8.82. The van der Waals surface area contributed by atoms with Crippen molar-refractivity contribution in [1.82, 2.24) is 9.88 Å². The second-order valence-electron chi connectivity index (χ2n) is 3.34. The van der Waals surface area contributed by atoms with Crippen LogP contribution in [0.15, 0.2) is 5.51 Å². The highest BCUT2D eigenvalue weighted by Gasteiger charge is 2.23. The largest absolute Gasteiger partial charge is 0.477 e. The fourth-order valence-electron chi connectivity index (χ4n) is 1.39. The second kappa shape index (κ2) is 3.98. The summed E-state index contributed by atoms with van der Waals surface area (Å²) in [6.45, 7) is 1.57. The van der Waals surface area contributed by atoms with Gasteiger partial charge in [-0.15, -0.1) is 11.3 Å². The van der Waals surface area contributed by atoms with Gasteiger partial charge in [-0.2, -0.15) is 0 Å². The second-order valence-corrected chi connectivity index (χ2v) is 4.20. The Balaban J connectivity index is 2.06. The molecule has 2 heterocycles. The Morgan fingerprint density at radius 1 is 1.53 bits per heavy atom. The van der Waals surface area contributed by atoms with Crippen molar-refractivity contribution in [2.24, 2.45) is 0 Å². The molecule has 1 aliphatic rings.